The van der Waals surface area contributed by atoms with Gasteiger partial charge in [0.15, 0.2) is 10.3 Å². The molecule has 1 saturated heterocycles. The summed E-state index contributed by atoms with van der Waals surface area (Å²) in [5.41, 5.74) is 1.04. The number of piperidine rings is 1. The van der Waals surface area contributed by atoms with E-state index in [0.29, 0.717) is 28.7 Å². The number of nitrogens with zero attached hydrogens (tertiary/aromatic N) is 5. The molecule has 1 aromatic carbocycles. The Morgan fingerprint density at radius 3 is 2.75 bits per heavy atom. The lowest BCUT2D eigenvalue weighted by molar-refractivity contribution is 0.444. The van der Waals surface area contributed by atoms with E-state index in [4.69, 9.17) is 21.6 Å². The van der Waals surface area contributed by atoms with Gasteiger partial charge in [0.05, 0.1) is 6.54 Å². The lowest BCUT2D eigenvalue weighted by Gasteiger charge is -2.32. The van der Waals surface area contributed by atoms with Crippen molar-refractivity contribution >= 4 is 40.9 Å². The Bertz CT molecular complexity index is 1300. The minimum atomic E-state index is 0.420. The largest absolute Gasteiger partial charge is 0.459 e. The number of anilines is 2. The van der Waals surface area contributed by atoms with Gasteiger partial charge in [-0.05, 0) is 60.9 Å². The van der Waals surface area contributed by atoms with E-state index in [9.17, 15) is 0 Å². The molecule has 0 amide bonds. The Balaban J connectivity index is 1.28. The molecule has 1 aliphatic heterocycles. The average molecular weight is 518 g/mol. The van der Waals surface area contributed by atoms with E-state index < -0.39 is 0 Å². The highest BCUT2D eigenvalue weighted by atomic mass is 32.2. The van der Waals surface area contributed by atoms with Crippen LogP contribution in [-0.2, 0) is 6.54 Å². The summed E-state index contributed by atoms with van der Waals surface area (Å²) < 4.78 is 5.96. The van der Waals surface area contributed by atoms with E-state index in [1.165, 1.54) is 18.2 Å². The molecule has 0 saturated carbocycles. The van der Waals surface area contributed by atoms with Crippen molar-refractivity contribution in [2.45, 2.75) is 36.5 Å². The van der Waals surface area contributed by atoms with E-state index >= 15 is 0 Å². The second-order valence-electron chi connectivity index (χ2n) is 8.65. The van der Waals surface area contributed by atoms with Gasteiger partial charge in [-0.2, -0.15) is 4.98 Å². The summed E-state index contributed by atoms with van der Waals surface area (Å²) >= 11 is 6.94. The van der Waals surface area contributed by atoms with Crippen LogP contribution in [0.4, 0.5) is 11.8 Å². The summed E-state index contributed by atoms with van der Waals surface area (Å²) in [6.07, 6.45) is 5.82. The van der Waals surface area contributed by atoms with Gasteiger partial charge in [-0.15, -0.1) is 0 Å². The number of hydrogen-bond acceptors (Lipinski definition) is 8. The zero-order valence-electron chi connectivity index (χ0n) is 19.9. The molecule has 1 fully saturated rings. The summed E-state index contributed by atoms with van der Waals surface area (Å²) in [7, 11) is 0. The maximum absolute atomic E-state index is 5.96. The molecule has 1 aliphatic rings. The molecular formula is C26H27N7OS2. The number of hydrogen-bond donors (Lipinski definition) is 2. The first-order chi connectivity index (χ1) is 17.6. The molecule has 0 aliphatic carbocycles. The topological polar surface area (TPSA) is 92.0 Å². The molecular weight excluding hydrogens is 490 g/mol. The molecule has 36 heavy (non-hydrogen) atoms. The molecule has 1 atom stereocenters. The van der Waals surface area contributed by atoms with Crippen molar-refractivity contribution in [2.24, 2.45) is 5.92 Å². The maximum Gasteiger partial charge on any atom is 0.232 e. The van der Waals surface area contributed by atoms with Gasteiger partial charge in [-0.1, -0.05) is 37.3 Å². The monoisotopic (exact) mass is 517 g/mol. The molecule has 8 nitrogen and oxygen atoms in total. The van der Waals surface area contributed by atoms with Crippen LogP contribution < -0.4 is 15.5 Å². The third kappa shape index (κ3) is 6.38. The Morgan fingerprint density at radius 2 is 1.94 bits per heavy atom. The van der Waals surface area contributed by atoms with Crippen molar-refractivity contribution in [1.29, 1.82) is 0 Å². The molecule has 3 aromatic heterocycles. The van der Waals surface area contributed by atoms with Gasteiger partial charge in [0.2, 0.25) is 5.95 Å². The maximum atomic E-state index is 5.96. The molecule has 184 valence electrons. The Labute approximate surface area is 220 Å². The number of nitrogens with one attached hydrogen (secondary N) is 2. The van der Waals surface area contributed by atoms with Gasteiger partial charge >= 0.3 is 0 Å². The normalized spacial score (nSPS) is 15.5. The molecule has 2 N–H and O–H groups in total. The Morgan fingerprint density at radius 1 is 1.11 bits per heavy atom. The second kappa shape index (κ2) is 11.5. The third-order valence-electron chi connectivity index (χ3n) is 5.78. The lowest BCUT2D eigenvalue weighted by Crippen LogP contribution is -2.35. The van der Waals surface area contributed by atoms with Crippen molar-refractivity contribution in [3.05, 3.63) is 72.8 Å². The first-order valence-electron chi connectivity index (χ1n) is 11.9. The van der Waals surface area contributed by atoms with Crippen LogP contribution in [-0.4, -0.2) is 38.1 Å². The van der Waals surface area contributed by atoms with Crippen LogP contribution in [0.15, 0.2) is 81.6 Å². The molecule has 0 radical (unpaired) electrons. The summed E-state index contributed by atoms with van der Waals surface area (Å²) in [5, 5.41) is 8.14. The van der Waals surface area contributed by atoms with Crippen LogP contribution in [0.3, 0.4) is 0 Å². The number of thiocarbonyl (C=S) groups is 1. The number of benzene rings is 1. The van der Waals surface area contributed by atoms with Crippen molar-refractivity contribution < 1.29 is 4.42 Å². The minimum absolute atomic E-state index is 0.420. The van der Waals surface area contributed by atoms with E-state index in [1.54, 1.807) is 18.5 Å². The molecule has 4 heterocycles. The second-order valence-corrected chi connectivity index (χ2v) is 10.1. The minimum Gasteiger partial charge on any atom is -0.459 e. The fraction of sp³-hybridized carbons (Fsp3) is 0.269. The average Bonchev–Trinajstić information content (AvgIpc) is 3.38. The van der Waals surface area contributed by atoms with Crippen LogP contribution in [0.25, 0.3) is 11.3 Å². The quantitative estimate of drug-likeness (QED) is 0.189. The smallest absolute Gasteiger partial charge is 0.232 e. The fourth-order valence-corrected chi connectivity index (χ4v) is 4.93. The van der Waals surface area contributed by atoms with E-state index in [1.807, 2.05) is 48.5 Å². The van der Waals surface area contributed by atoms with Crippen molar-refractivity contribution in [1.82, 2.24) is 25.3 Å². The highest BCUT2D eigenvalue weighted by molar-refractivity contribution is 7.99. The van der Waals surface area contributed by atoms with Crippen LogP contribution in [0.2, 0.25) is 0 Å². The van der Waals surface area contributed by atoms with Gasteiger partial charge < -0.3 is 20.0 Å². The molecule has 5 rings (SSSR count). The predicted molar refractivity (Wildman–Crippen MR) is 146 cm³/mol. The van der Waals surface area contributed by atoms with E-state index in [2.05, 4.69) is 37.4 Å². The molecule has 0 unspecified atom stereocenters. The summed E-state index contributed by atoms with van der Waals surface area (Å²) in [5.74, 6) is 3.54. The number of aromatic nitrogens is 4. The summed E-state index contributed by atoms with van der Waals surface area (Å²) in [6.45, 7) is 4.66. The first-order valence-corrected chi connectivity index (χ1v) is 13.1. The number of rotatable bonds is 7. The SMILES string of the molecule is C[C@H]1CCCN(c2cc(Sc3ncccn3)nc(NC(=S)NCc3ccc(-c4ccccc4)o3)n2)C1. The molecule has 0 spiro atoms. The first kappa shape index (κ1) is 24.2. The van der Waals surface area contributed by atoms with Gasteiger partial charge in [0, 0.05) is 37.1 Å². The predicted octanol–water partition coefficient (Wildman–Crippen LogP) is 5.40. The molecule has 0 bridgehead atoms. The Hall–Kier alpha value is -3.50. The van der Waals surface area contributed by atoms with Crippen LogP contribution in [0.1, 0.15) is 25.5 Å². The van der Waals surface area contributed by atoms with E-state index in [-0.39, 0.29) is 0 Å². The fourth-order valence-electron chi connectivity index (χ4n) is 4.06. The zero-order valence-corrected chi connectivity index (χ0v) is 21.6. The summed E-state index contributed by atoms with van der Waals surface area (Å²) in [4.78, 5) is 20.4. The van der Waals surface area contributed by atoms with Crippen molar-refractivity contribution in [2.75, 3.05) is 23.3 Å². The Kier molecular flexibility index (Phi) is 7.73. The zero-order chi connectivity index (χ0) is 24.7. The lowest BCUT2D eigenvalue weighted by atomic mass is 10.0. The van der Waals surface area contributed by atoms with Gasteiger partial charge in [0.25, 0.3) is 0 Å². The van der Waals surface area contributed by atoms with Gasteiger partial charge in [0.1, 0.15) is 22.4 Å². The van der Waals surface area contributed by atoms with Crippen LogP contribution >= 0.6 is 24.0 Å². The third-order valence-corrected chi connectivity index (χ3v) is 6.83. The molecule has 4 aromatic rings. The van der Waals surface area contributed by atoms with Crippen molar-refractivity contribution in [3.8, 4) is 11.3 Å². The van der Waals surface area contributed by atoms with Gasteiger partial charge in [-0.3, -0.25) is 0 Å². The van der Waals surface area contributed by atoms with Gasteiger partial charge in [-0.25, -0.2) is 15.0 Å². The highest BCUT2D eigenvalue weighted by Gasteiger charge is 2.20. The number of furan rings is 1. The molecule has 10 heteroatoms. The standard InChI is InChI=1S/C26H27N7OS2/c1-18-7-5-14-33(17-18)22-15-23(36-26-27-12-6-13-28-26)31-24(30-22)32-25(35)29-16-20-10-11-21(34-20)19-8-3-2-4-9-19/h2-4,6,8-13,15,18H,5,7,14,16-17H2,1H3,(H2,29,30,31,32,35)/t18-/m0/s1. The van der Waals surface area contributed by atoms with E-state index in [0.717, 1.165) is 47.4 Å². The summed E-state index contributed by atoms with van der Waals surface area (Å²) in [6, 6.07) is 17.7. The van der Waals surface area contributed by atoms with Crippen LogP contribution in [0, 0.1) is 5.92 Å². The van der Waals surface area contributed by atoms with Crippen molar-refractivity contribution in [3.63, 3.8) is 0 Å². The van der Waals surface area contributed by atoms with Crippen LogP contribution in [0.5, 0.6) is 0 Å². The highest BCUT2D eigenvalue weighted by Crippen LogP contribution is 2.29.